The van der Waals surface area contributed by atoms with E-state index in [4.69, 9.17) is 0 Å². The molecule has 0 amide bonds. The lowest BCUT2D eigenvalue weighted by Crippen LogP contribution is -2.40. The van der Waals surface area contributed by atoms with Crippen LogP contribution in [0.25, 0.3) is 11.1 Å². The Morgan fingerprint density at radius 1 is 0.625 bits per heavy atom. The van der Waals surface area contributed by atoms with Crippen LogP contribution in [-0.2, 0) is 0 Å². The van der Waals surface area contributed by atoms with Gasteiger partial charge in [-0.05, 0) is 65.4 Å². The van der Waals surface area contributed by atoms with Gasteiger partial charge in [-0.1, -0.05) is 91.0 Å². The Kier molecular flexibility index (Phi) is 5.38. The standard InChI is InChI=1S/C30H26N2/c31-20-30(21-32)19-26-17-28(23-12-6-2-7-13-23)27(22-10-4-1-5-11-22)16-25(26)18-29(30)24-14-8-3-9-15-24/h1-15,25-26,29H,16-19H2/t25-,26+,29-/m1/s1. The van der Waals surface area contributed by atoms with Crippen molar-refractivity contribution < 1.29 is 0 Å². The lowest BCUT2D eigenvalue weighted by molar-refractivity contribution is 0.143. The monoisotopic (exact) mass is 414 g/mol. The second-order valence-electron chi connectivity index (χ2n) is 9.22. The van der Waals surface area contributed by atoms with Crippen LogP contribution in [0.5, 0.6) is 0 Å². The van der Waals surface area contributed by atoms with Crippen LogP contribution < -0.4 is 0 Å². The van der Waals surface area contributed by atoms with E-state index in [1.165, 1.54) is 22.3 Å². The summed E-state index contributed by atoms with van der Waals surface area (Å²) in [6.07, 6.45) is 3.44. The van der Waals surface area contributed by atoms with E-state index in [2.05, 4.69) is 84.9 Å². The third-order valence-corrected chi connectivity index (χ3v) is 7.53. The summed E-state index contributed by atoms with van der Waals surface area (Å²) in [5.41, 5.74) is 5.50. The van der Waals surface area contributed by atoms with E-state index in [1.54, 1.807) is 0 Å². The Balaban J connectivity index is 1.59. The van der Waals surface area contributed by atoms with Gasteiger partial charge in [0.2, 0.25) is 0 Å². The van der Waals surface area contributed by atoms with Crippen LogP contribution in [0, 0.1) is 39.9 Å². The number of nitriles is 2. The van der Waals surface area contributed by atoms with E-state index in [-0.39, 0.29) is 5.92 Å². The molecule has 0 saturated heterocycles. The normalized spacial score (nSPS) is 24.1. The van der Waals surface area contributed by atoms with Gasteiger partial charge in [0, 0.05) is 5.92 Å². The van der Waals surface area contributed by atoms with Gasteiger partial charge in [0.25, 0.3) is 0 Å². The lowest BCUT2D eigenvalue weighted by Gasteiger charge is -2.46. The Hall–Kier alpha value is -3.62. The van der Waals surface area contributed by atoms with Gasteiger partial charge in [0.15, 0.2) is 5.41 Å². The fraction of sp³-hybridized carbons (Fsp3) is 0.267. The molecule has 32 heavy (non-hydrogen) atoms. The van der Waals surface area contributed by atoms with Crippen molar-refractivity contribution in [3.8, 4) is 12.1 Å². The van der Waals surface area contributed by atoms with Crippen LogP contribution in [0.2, 0.25) is 0 Å². The maximum Gasteiger partial charge on any atom is 0.150 e. The molecule has 3 aromatic rings. The van der Waals surface area contributed by atoms with Gasteiger partial charge >= 0.3 is 0 Å². The quantitative estimate of drug-likeness (QED) is 0.454. The minimum absolute atomic E-state index is 0.0461. The van der Waals surface area contributed by atoms with Crippen LogP contribution >= 0.6 is 0 Å². The van der Waals surface area contributed by atoms with Crippen molar-refractivity contribution in [1.82, 2.24) is 0 Å². The molecule has 2 aliphatic rings. The van der Waals surface area contributed by atoms with Crippen molar-refractivity contribution in [3.05, 3.63) is 108 Å². The summed E-state index contributed by atoms with van der Waals surface area (Å²) < 4.78 is 0. The second-order valence-corrected chi connectivity index (χ2v) is 9.22. The topological polar surface area (TPSA) is 47.6 Å². The molecule has 3 aromatic carbocycles. The van der Waals surface area contributed by atoms with E-state index in [0.717, 1.165) is 24.8 Å². The summed E-state index contributed by atoms with van der Waals surface area (Å²) >= 11 is 0. The molecule has 2 heteroatoms. The average molecular weight is 415 g/mol. The first-order valence-corrected chi connectivity index (χ1v) is 11.4. The summed E-state index contributed by atoms with van der Waals surface area (Å²) in [6, 6.07) is 36.5. The highest BCUT2D eigenvalue weighted by atomic mass is 14.5. The highest BCUT2D eigenvalue weighted by Crippen LogP contribution is 2.57. The van der Waals surface area contributed by atoms with E-state index >= 15 is 0 Å². The summed E-state index contributed by atoms with van der Waals surface area (Å²) in [7, 11) is 0. The lowest BCUT2D eigenvalue weighted by atomic mass is 9.55. The Labute approximate surface area is 190 Å². The molecule has 0 radical (unpaired) electrons. The zero-order chi connectivity index (χ0) is 22.0. The van der Waals surface area contributed by atoms with E-state index in [0.29, 0.717) is 18.3 Å². The molecule has 0 unspecified atom stereocenters. The SMILES string of the molecule is N#CC1(C#N)C[C@@H]2CC(c3ccccc3)=C(c3ccccc3)C[C@@H]2C[C@@H]1c1ccccc1. The fourth-order valence-corrected chi connectivity index (χ4v) is 5.92. The molecule has 1 fully saturated rings. The zero-order valence-electron chi connectivity index (χ0n) is 18.1. The highest BCUT2D eigenvalue weighted by molar-refractivity contribution is 5.92. The van der Waals surface area contributed by atoms with Gasteiger partial charge < -0.3 is 0 Å². The number of hydrogen-bond acceptors (Lipinski definition) is 2. The van der Waals surface area contributed by atoms with Crippen molar-refractivity contribution >= 4 is 11.1 Å². The molecule has 0 heterocycles. The molecule has 2 aliphatic carbocycles. The molecule has 0 aliphatic heterocycles. The maximum atomic E-state index is 10.2. The highest BCUT2D eigenvalue weighted by Gasteiger charge is 2.50. The number of fused-ring (bicyclic) bond motifs is 1. The molecule has 0 bridgehead atoms. The van der Waals surface area contributed by atoms with Gasteiger partial charge in [0.05, 0.1) is 12.1 Å². The summed E-state index contributed by atoms with van der Waals surface area (Å²) in [5, 5.41) is 20.4. The predicted octanol–water partition coefficient (Wildman–Crippen LogP) is 7.23. The minimum Gasteiger partial charge on any atom is -0.197 e. The minimum atomic E-state index is -0.964. The molecule has 1 saturated carbocycles. The molecular formula is C30H26N2. The molecule has 0 N–H and O–H groups in total. The number of nitrogens with zero attached hydrogens (tertiary/aromatic N) is 2. The summed E-state index contributed by atoms with van der Waals surface area (Å²) in [4.78, 5) is 0. The molecule has 3 atom stereocenters. The third kappa shape index (κ3) is 3.53. The number of rotatable bonds is 3. The number of benzene rings is 3. The van der Waals surface area contributed by atoms with Crippen molar-refractivity contribution in [3.63, 3.8) is 0 Å². The predicted molar refractivity (Wildman–Crippen MR) is 128 cm³/mol. The molecule has 0 aromatic heterocycles. The second kappa shape index (κ2) is 8.49. The van der Waals surface area contributed by atoms with Gasteiger partial charge in [0.1, 0.15) is 0 Å². The first-order valence-electron chi connectivity index (χ1n) is 11.4. The Morgan fingerprint density at radius 3 is 1.59 bits per heavy atom. The zero-order valence-corrected chi connectivity index (χ0v) is 18.1. The van der Waals surface area contributed by atoms with Gasteiger partial charge in [-0.2, -0.15) is 10.5 Å². The molecule has 156 valence electrons. The van der Waals surface area contributed by atoms with Crippen LogP contribution in [0.3, 0.4) is 0 Å². The first kappa shape index (κ1) is 20.3. The van der Waals surface area contributed by atoms with E-state index < -0.39 is 5.41 Å². The smallest absolute Gasteiger partial charge is 0.150 e. The number of allylic oxidation sites excluding steroid dienone is 2. The maximum absolute atomic E-state index is 10.2. The van der Waals surface area contributed by atoms with Gasteiger partial charge in [-0.15, -0.1) is 0 Å². The molecule has 2 nitrogen and oxygen atoms in total. The molecule has 0 spiro atoms. The first-order chi connectivity index (χ1) is 15.7. The molecular weight excluding hydrogens is 388 g/mol. The van der Waals surface area contributed by atoms with E-state index in [1.807, 2.05) is 18.2 Å². The third-order valence-electron chi connectivity index (χ3n) is 7.53. The Morgan fingerprint density at radius 2 is 1.09 bits per heavy atom. The van der Waals surface area contributed by atoms with Crippen LogP contribution in [0.15, 0.2) is 91.0 Å². The van der Waals surface area contributed by atoms with Crippen LogP contribution in [0.4, 0.5) is 0 Å². The Bertz CT molecular complexity index is 1180. The van der Waals surface area contributed by atoms with Gasteiger partial charge in [-0.3, -0.25) is 0 Å². The number of hydrogen-bond donors (Lipinski definition) is 0. The van der Waals surface area contributed by atoms with Crippen molar-refractivity contribution in [2.24, 2.45) is 17.3 Å². The molecule has 5 rings (SSSR count). The van der Waals surface area contributed by atoms with Gasteiger partial charge in [-0.25, -0.2) is 0 Å². The summed E-state index contributed by atoms with van der Waals surface area (Å²) in [5.74, 6) is 0.768. The van der Waals surface area contributed by atoms with Crippen LogP contribution in [0.1, 0.15) is 48.3 Å². The summed E-state index contributed by atoms with van der Waals surface area (Å²) in [6.45, 7) is 0. The van der Waals surface area contributed by atoms with Crippen molar-refractivity contribution in [1.29, 1.82) is 10.5 Å². The van der Waals surface area contributed by atoms with Crippen molar-refractivity contribution in [2.75, 3.05) is 0 Å². The van der Waals surface area contributed by atoms with E-state index in [9.17, 15) is 10.5 Å². The largest absolute Gasteiger partial charge is 0.197 e. The average Bonchev–Trinajstić information content (AvgIpc) is 2.88. The fourth-order valence-electron chi connectivity index (χ4n) is 5.92. The van der Waals surface area contributed by atoms with Crippen molar-refractivity contribution in [2.45, 2.75) is 31.6 Å². The van der Waals surface area contributed by atoms with Crippen LogP contribution in [-0.4, -0.2) is 0 Å².